The number of nitrogens with zero attached hydrogens (tertiary/aromatic N) is 2. The van der Waals surface area contributed by atoms with Crippen LogP contribution in [0.2, 0.25) is 0 Å². The highest BCUT2D eigenvalue weighted by Crippen LogP contribution is 2.25. The van der Waals surface area contributed by atoms with E-state index in [0.717, 1.165) is 24.2 Å². The molecule has 1 aliphatic carbocycles. The van der Waals surface area contributed by atoms with Crippen LogP contribution in [0.3, 0.4) is 0 Å². The molecule has 0 bridgehead atoms. The van der Waals surface area contributed by atoms with Gasteiger partial charge in [-0.2, -0.15) is 0 Å². The minimum atomic E-state index is 0.771. The first-order valence-electron chi connectivity index (χ1n) is 8.20. The van der Waals surface area contributed by atoms with Crippen LogP contribution in [-0.4, -0.2) is 24.1 Å². The normalized spacial score (nSPS) is 20.4. The van der Waals surface area contributed by atoms with Gasteiger partial charge in [0.05, 0.1) is 0 Å². The Hall–Kier alpha value is -1.09. The SMILES string of the molecule is CCC1CCN(c2cc(CNC3CC3)cc(C)n2)CC1. The minimum absolute atomic E-state index is 0.771. The molecule has 1 aromatic heterocycles. The van der Waals surface area contributed by atoms with Gasteiger partial charge in [-0.1, -0.05) is 13.3 Å². The summed E-state index contributed by atoms with van der Waals surface area (Å²) in [7, 11) is 0. The third-order valence-electron chi connectivity index (χ3n) is 4.69. The summed E-state index contributed by atoms with van der Waals surface area (Å²) in [5, 5.41) is 3.60. The Bertz CT molecular complexity index is 446. The monoisotopic (exact) mass is 273 g/mol. The molecular formula is C17H27N3. The van der Waals surface area contributed by atoms with Gasteiger partial charge in [-0.25, -0.2) is 4.98 Å². The second-order valence-electron chi connectivity index (χ2n) is 6.47. The van der Waals surface area contributed by atoms with E-state index in [1.807, 2.05) is 0 Å². The van der Waals surface area contributed by atoms with E-state index in [-0.39, 0.29) is 0 Å². The van der Waals surface area contributed by atoms with Crippen LogP contribution in [0.5, 0.6) is 0 Å². The summed E-state index contributed by atoms with van der Waals surface area (Å²) in [6.07, 6.45) is 6.66. The summed E-state index contributed by atoms with van der Waals surface area (Å²) in [5.41, 5.74) is 2.53. The molecule has 0 radical (unpaired) electrons. The number of anilines is 1. The molecule has 0 unspecified atom stereocenters. The van der Waals surface area contributed by atoms with Crippen molar-refractivity contribution in [2.75, 3.05) is 18.0 Å². The molecule has 3 rings (SSSR count). The average Bonchev–Trinajstić information content (AvgIpc) is 3.29. The summed E-state index contributed by atoms with van der Waals surface area (Å²) in [6.45, 7) is 7.76. The molecule has 20 heavy (non-hydrogen) atoms. The quantitative estimate of drug-likeness (QED) is 0.892. The van der Waals surface area contributed by atoms with Crippen LogP contribution < -0.4 is 10.2 Å². The molecular weight excluding hydrogens is 246 g/mol. The molecule has 3 nitrogen and oxygen atoms in total. The Kier molecular flexibility index (Phi) is 4.25. The Labute approximate surface area is 122 Å². The van der Waals surface area contributed by atoms with E-state index in [0.29, 0.717) is 0 Å². The fourth-order valence-corrected chi connectivity index (χ4v) is 3.11. The predicted octanol–water partition coefficient (Wildman–Crippen LogP) is 3.27. The average molecular weight is 273 g/mol. The second-order valence-corrected chi connectivity index (χ2v) is 6.47. The molecule has 1 saturated heterocycles. The highest BCUT2D eigenvalue weighted by molar-refractivity contribution is 5.43. The number of piperidine rings is 1. The number of aryl methyl sites for hydroxylation is 1. The first-order valence-corrected chi connectivity index (χ1v) is 8.20. The number of pyridine rings is 1. The molecule has 1 aromatic rings. The van der Waals surface area contributed by atoms with Gasteiger partial charge < -0.3 is 10.2 Å². The van der Waals surface area contributed by atoms with Gasteiger partial charge >= 0.3 is 0 Å². The predicted molar refractivity (Wildman–Crippen MR) is 84.1 cm³/mol. The summed E-state index contributed by atoms with van der Waals surface area (Å²) in [6, 6.07) is 5.28. The number of hydrogen-bond donors (Lipinski definition) is 1. The van der Waals surface area contributed by atoms with Crippen molar-refractivity contribution in [1.29, 1.82) is 0 Å². The first-order chi connectivity index (χ1) is 9.74. The molecule has 1 N–H and O–H groups in total. The Morgan fingerprint density at radius 1 is 1.20 bits per heavy atom. The van der Waals surface area contributed by atoms with Crippen LogP contribution in [-0.2, 0) is 6.54 Å². The van der Waals surface area contributed by atoms with Crippen LogP contribution in [0.25, 0.3) is 0 Å². The summed E-state index contributed by atoms with van der Waals surface area (Å²) in [5.74, 6) is 2.11. The van der Waals surface area contributed by atoms with E-state index in [9.17, 15) is 0 Å². The molecule has 1 aliphatic heterocycles. The van der Waals surface area contributed by atoms with Gasteiger partial charge in [-0.05, 0) is 56.2 Å². The number of rotatable bonds is 5. The van der Waals surface area contributed by atoms with Crippen molar-refractivity contribution >= 4 is 5.82 Å². The molecule has 2 heterocycles. The molecule has 0 amide bonds. The maximum absolute atomic E-state index is 4.75. The van der Waals surface area contributed by atoms with Crippen molar-refractivity contribution in [3.05, 3.63) is 23.4 Å². The number of nitrogens with one attached hydrogen (secondary N) is 1. The summed E-state index contributed by atoms with van der Waals surface area (Å²) >= 11 is 0. The van der Waals surface area contributed by atoms with Gasteiger partial charge in [0.25, 0.3) is 0 Å². The fourth-order valence-electron chi connectivity index (χ4n) is 3.11. The van der Waals surface area contributed by atoms with Gasteiger partial charge in [0, 0.05) is 31.4 Å². The van der Waals surface area contributed by atoms with Crippen molar-refractivity contribution in [1.82, 2.24) is 10.3 Å². The zero-order chi connectivity index (χ0) is 13.9. The molecule has 110 valence electrons. The summed E-state index contributed by atoms with van der Waals surface area (Å²) < 4.78 is 0. The lowest BCUT2D eigenvalue weighted by molar-refractivity contribution is 0.393. The first kappa shape index (κ1) is 13.9. The van der Waals surface area contributed by atoms with Crippen LogP contribution in [0.1, 0.15) is 50.3 Å². The third kappa shape index (κ3) is 3.51. The van der Waals surface area contributed by atoms with Gasteiger partial charge in [0.1, 0.15) is 5.82 Å². The molecule has 2 aliphatic rings. The van der Waals surface area contributed by atoms with Crippen molar-refractivity contribution < 1.29 is 0 Å². The van der Waals surface area contributed by atoms with Crippen LogP contribution in [0.15, 0.2) is 12.1 Å². The van der Waals surface area contributed by atoms with Crippen LogP contribution in [0.4, 0.5) is 5.82 Å². The largest absolute Gasteiger partial charge is 0.357 e. The maximum Gasteiger partial charge on any atom is 0.129 e. The molecule has 0 spiro atoms. The molecule has 0 aromatic carbocycles. The smallest absolute Gasteiger partial charge is 0.129 e. The molecule has 3 heteroatoms. The Balaban J connectivity index is 1.65. The van der Waals surface area contributed by atoms with E-state index in [4.69, 9.17) is 4.98 Å². The van der Waals surface area contributed by atoms with Gasteiger partial charge in [-0.3, -0.25) is 0 Å². The minimum Gasteiger partial charge on any atom is -0.357 e. The zero-order valence-corrected chi connectivity index (χ0v) is 12.9. The van der Waals surface area contributed by atoms with E-state index in [1.54, 1.807) is 0 Å². The topological polar surface area (TPSA) is 28.2 Å². The van der Waals surface area contributed by atoms with Gasteiger partial charge in [0.2, 0.25) is 0 Å². The lowest BCUT2D eigenvalue weighted by atomic mass is 9.94. The zero-order valence-electron chi connectivity index (χ0n) is 12.9. The lowest BCUT2D eigenvalue weighted by Gasteiger charge is -2.32. The highest BCUT2D eigenvalue weighted by Gasteiger charge is 2.21. The lowest BCUT2D eigenvalue weighted by Crippen LogP contribution is -2.34. The standard InChI is InChI=1S/C17H27N3/c1-3-14-6-8-20(9-7-14)17-11-15(10-13(2)19-17)12-18-16-4-5-16/h10-11,14,16,18H,3-9,12H2,1-2H3. The van der Waals surface area contributed by atoms with Gasteiger partial charge in [-0.15, -0.1) is 0 Å². The van der Waals surface area contributed by atoms with Crippen molar-refractivity contribution in [3.63, 3.8) is 0 Å². The van der Waals surface area contributed by atoms with Crippen LogP contribution >= 0.6 is 0 Å². The van der Waals surface area contributed by atoms with Crippen molar-refractivity contribution in [2.24, 2.45) is 5.92 Å². The van der Waals surface area contributed by atoms with E-state index >= 15 is 0 Å². The molecule has 2 fully saturated rings. The fraction of sp³-hybridized carbons (Fsp3) is 0.706. The summed E-state index contributed by atoms with van der Waals surface area (Å²) in [4.78, 5) is 7.22. The van der Waals surface area contributed by atoms with E-state index in [2.05, 4.69) is 36.2 Å². The van der Waals surface area contributed by atoms with Crippen molar-refractivity contribution in [2.45, 2.75) is 58.5 Å². The maximum atomic E-state index is 4.75. The third-order valence-corrected chi connectivity index (χ3v) is 4.69. The van der Waals surface area contributed by atoms with Gasteiger partial charge in [0.15, 0.2) is 0 Å². The van der Waals surface area contributed by atoms with Crippen molar-refractivity contribution in [3.8, 4) is 0 Å². The Morgan fingerprint density at radius 3 is 2.60 bits per heavy atom. The van der Waals surface area contributed by atoms with E-state index < -0.39 is 0 Å². The van der Waals surface area contributed by atoms with E-state index in [1.165, 1.54) is 56.6 Å². The molecule has 1 saturated carbocycles. The second kappa shape index (κ2) is 6.13. The molecule has 0 atom stereocenters. The number of aromatic nitrogens is 1. The highest BCUT2D eigenvalue weighted by atomic mass is 15.2. The van der Waals surface area contributed by atoms with Crippen LogP contribution in [0, 0.1) is 12.8 Å². The Morgan fingerprint density at radius 2 is 1.95 bits per heavy atom. The number of hydrogen-bond acceptors (Lipinski definition) is 3.